The number of rotatable bonds is 1. The first-order valence-corrected chi connectivity index (χ1v) is 9.84. The maximum absolute atomic E-state index is 13.2. The maximum atomic E-state index is 13.2. The number of aliphatic imine (C=N–C) groups is 1. The summed E-state index contributed by atoms with van der Waals surface area (Å²) in [5.41, 5.74) is -0.835. The van der Waals surface area contributed by atoms with Crippen LogP contribution in [0, 0.1) is 0 Å². The van der Waals surface area contributed by atoms with Crippen LogP contribution in [-0.4, -0.2) is 95.5 Å². The van der Waals surface area contributed by atoms with Gasteiger partial charge < -0.3 is 20.0 Å². The van der Waals surface area contributed by atoms with Gasteiger partial charge in [-0.25, -0.2) is 9.79 Å². The molecule has 3 amide bonds. The molecule has 3 aliphatic heterocycles. The van der Waals surface area contributed by atoms with E-state index in [1.54, 1.807) is 19.0 Å². The molecule has 0 spiro atoms. The summed E-state index contributed by atoms with van der Waals surface area (Å²) in [5, 5.41) is 3.38. The minimum Gasteiger partial charge on any atom is -0.340 e. The van der Waals surface area contributed by atoms with Crippen molar-refractivity contribution in [3.05, 3.63) is 0 Å². The van der Waals surface area contributed by atoms with E-state index in [4.69, 9.17) is 4.99 Å². The highest BCUT2D eigenvalue weighted by Crippen LogP contribution is 2.40. The number of imide groups is 1. The second-order valence-corrected chi connectivity index (χ2v) is 8.08. The van der Waals surface area contributed by atoms with Crippen LogP contribution in [0.3, 0.4) is 0 Å². The van der Waals surface area contributed by atoms with Crippen molar-refractivity contribution in [2.45, 2.75) is 56.8 Å². The molecule has 8 heteroatoms. The van der Waals surface area contributed by atoms with E-state index >= 15 is 0 Å². The monoisotopic (exact) mass is 362 g/mol. The number of fused-ring (bicyclic) bond motifs is 1. The van der Waals surface area contributed by atoms with Gasteiger partial charge in [0.1, 0.15) is 0 Å². The first-order chi connectivity index (χ1) is 12.4. The van der Waals surface area contributed by atoms with Gasteiger partial charge in [-0.1, -0.05) is 19.3 Å². The molecule has 1 N–H and O–H groups in total. The third kappa shape index (κ3) is 2.49. The van der Waals surface area contributed by atoms with Gasteiger partial charge in [-0.2, -0.15) is 0 Å². The highest BCUT2D eigenvalue weighted by molar-refractivity contribution is 6.04. The first-order valence-electron chi connectivity index (χ1n) is 9.84. The zero-order valence-corrected chi connectivity index (χ0v) is 16.1. The van der Waals surface area contributed by atoms with Crippen LogP contribution in [0.2, 0.25) is 0 Å². The molecule has 3 fully saturated rings. The molecule has 4 rings (SSSR count). The lowest BCUT2D eigenvalue weighted by Crippen LogP contribution is -2.71. The fraction of sp³-hybridized carbons (Fsp3) is 0.833. The number of carbonyl (C=O) groups is 2. The highest BCUT2D eigenvalue weighted by atomic mass is 16.2. The molecule has 0 aromatic rings. The molecule has 1 saturated carbocycles. The number of urea groups is 1. The minimum atomic E-state index is -0.835. The molecule has 0 bridgehead atoms. The van der Waals surface area contributed by atoms with Crippen LogP contribution in [0.4, 0.5) is 4.79 Å². The fourth-order valence-corrected chi connectivity index (χ4v) is 4.84. The summed E-state index contributed by atoms with van der Waals surface area (Å²) in [5.74, 6) is 0.782. The van der Waals surface area contributed by atoms with Crippen molar-refractivity contribution in [2.24, 2.45) is 4.99 Å². The molecule has 8 nitrogen and oxygen atoms in total. The molecule has 2 atom stereocenters. The number of hydrogen-bond donors (Lipinski definition) is 1. The van der Waals surface area contributed by atoms with Gasteiger partial charge in [-0.05, 0) is 19.8 Å². The van der Waals surface area contributed by atoms with Crippen LogP contribution < -0.4 is 5.32 Å². The zero-order chi connectivity index (χ0) is 18.5. The highest BCUT2D eigenvalue weighted by Gasteiger charge is 2.60. The lowest BCUT2D eigenvalue weighted by molar-refractivity contribution is -0.140. The van der Waals surface area contributed by atoms with Crippen LogP contribution in [0.15, 0.2) is 4.99 Å². The Hall–Kier alpha value is -1.83. The number of carbonyl (C=O) groups excluding carboxylic acids is 2. The summed E-state index contributed by atoms with van der Waals surface area (Å²) in [7, 11) is 3.35. The largest absolute Gasteiger partial charge is 0.340 e. The fourth-order valence-electron chi connectivity index (χ4n) is 4.84. The van der Waals surface area contributed by atoms with Gasteiger partial charge in [0.25, 0.3) is 5.91 Å². The average molecular weight is 362 g/mol. The number of amides is 3. The van der Waals surface area contributed by atoms with Crippen LogP contribution in [0.1, 0.15) is 39.0 Å². The van der Waals surface area contributed by atoms with Crippen molar-refractivity contribution in [1.29, 1.82) is 0 Å². The molecule has 144 valence electrons. The Morgan fingerprint density at radius 2 is 1.73 bits per heavy atom. The maximum Gasteiger partial charge on any atom is 0.328 e. The summed E-state index contributed by atoms with van der Waals surface area (Å²) >= 11 is 0. The Balaban J connectivity index is 1.76. The predicted octanol–water partition coefficient (Wildman–Crippen LogP) is 0.505. The van der Waals surface area contributed by atoms with Crippen molar-refractivity contribution in [3.8, 4) is 0 Å². The smallest absolute Gasteiger partial charge is 0.328 e. The van der Waals surface area contributed by atoms with Crippen molar-refractivity contribution in [3.63, 3.8) is 0 Å². The Kier molecular flexibility index (Phi) is 4.33. The topological polar surface area (TPSA) is 71.5 Å². The van der Waals surface area contributed by atoms with E-state index in [9.17, 15) is 9.59 Å². The molecule has 2 saturated heterocycles. The number of nitrogens with zero attached hydrogens (tertiary/aromatic N) is 5. The number of nitrogens with one attached hydrogen (secondary N) is 1. The van der Waals surface area contributed by atoms with E-state index in [2.05, 4.69) is 15.1 Å². The van der Waals surface area contributed by atoms with Crippen LogP contribution >= 0.6 is 0 Å². The van der Waals surface area contributed by atoms with Crippen molar-refractivity contribution in [1.82, 2.24) is 24.9 Å². The number of likely N-dealkylation sites (N-methyl/N-ethyl adjacent to an activating group) is 2. The van der Waals surface area contributed by atoms with E-state index in [0.717, 1.165) is 45.0 Å². The lowest BCUT2D eigenvalue weighted by atomic mass is 9.90. The summed E-state index contributed by atoms with van der Waals surface area (Å²) in [6, 6.07) is -0.381. The van der Waals surface area contributed by atoms with Crippen LogP contribution in [-0.2, 0) is 4.79 Å². The van der Waals surface area contributed by atoms with E-state index in [0.29, 0.717) is 6.04 Å². The molecule has 2 unspecified atom stereocenters. The van der Waals surface area contributed by atoms with Crippen LogP contribution in [0.5, 0.6) is 0 Å². The van der Waals surface area contributed by atoms with Gasteiger partial charge in [-0.3, -0.25) is 9.69 Å². The van der Waals surface area contributed by atoms with E-state index < -0.39 is 11.7 Å². The predicted molar refractivity (Wildman–Crippen MR) is 98.7 cm³/mol. The molecule has 4 aliphatic rings. The minimum absolute atomic E-state index is 0.130. The van der Waals surface area contributed by atoms with E-state index in [1.807, 2.05) is 6.92 Å². The van der Waals surface area contributed by atoms with Gasteiger partial charge in [-0.15, -0.1) is 0 Å². The molecular formula is C18H30N6O2. The van der Waals surface area contributed by atoms with Crippen LogP contribution in [0.25, 0.3) is 0 Å². The molecular weight excluding hydrogens is 332 g/mol. The van der Waals surface area contributed by atoms with Crippen molar-refractivity contribution >= 4 is 17.9 Å². The normalized spacial score (nSPS) is 33.7. The quantitative estimate of drug-likeness (QED) is 0.736. The van der Waals surface area contributed by atoms with Crippen molar-refractivity contribution in [2.75, 3.05) is 40.3 Å². The zero-order valence-electron chi connectivity index (χ0n) is 16.1. The SMILES string of the molecule is CN1C(=O)C2N(C3CCCCC3)C(N3CCNCC3)=NC2(C)N(C)C1=O. The van der Waals surface area contributed by atoms with Gasteiger partial charge in [0.05, 0.1) is 0 Å². The summed E-state index contributed by atoms with van der Waals surface area (Å²) < 4.78 is 0. The number of hydrogen-bond acceptors (Lipinski definition) is 6. The third-order valence-corrected chi connectivity index (χ3v) is 6.54. The third-order valence-electron chi connectivity index (χ3n) is 6.54. The number of piperazine rings is 1. The average Bonchev–Trinajstić information content (AvgIpc) is 3.01. The molecule has 0 aromatic heterocycles. The standard InChI is InChI=1S/C18H30N6O2/c1-18-14(15(25)21(2)17(26)22(18)3)24(13-7-5-4-6-8-13)16(20-18)23-11-9-19-10-12-23/h13-14,19H,4-12H2,1-3H3. The van der Waals surface area contributed by atoms with Gasteiger partial charge in [0.15, 0.2) is 17.7 Å². The van der Waals surface area contributed by atoms with Gasteiger partial charge in [0.2, 0.25) is 0 Å². The second-order valence-electron chi connectivity index (χ2n) is 8.08. The number of guanidine groups is 1. The van der Waals surface area contributed by atoms with E-state index in [-0.39, 0.29) is 11.9 Å². The summed E-state index contributed by atoms with van der Waals surface area (Å²) in [6.07, 6.45) is 5.83. The Morgan fingerprint density at radius 3 is 2.38 bits per heavy atom. The summed E-state index contributed by atoms with van der Waals surface area (Å²) in [4.78, 5) is 38.3. The molecule has 26 heavy (non-hydrogen) atoms. The Morgan fingerprint density at radius 1 is 1.08 bits per heavy atom. The second kappa shape index (κ2) is 6.40. The lowest BCUT2D eigenvalue weighted by Gasteiger charge is -2.48. The van der Waals surface area contributed by atoms with Gasteiger partial charge >= 0.3 is 6.03 Å². The molecule has 0 aromatic carbocycles. The summed E-state index contributed by atoms with van der Waals surface area (Å²) in [6.45, 7) is 5.54. The van der Waals surface area contributed by atoms with E-state index in [1.165, 1.54) is 24.2 Å². The van der Waals surface area contributed by atoms with Gasteiger partial charge in [0, 0.05) is 46.3 Å². The molecule has 0 radical (unpaired) electrons. The Labute approximate surface area is 155 Å². The Bertz CT molecular complexity index is 625. The molecule has 1 aliphatic carbocycles. The van der Waals surface area contributed by atoms with Crippen molar-refractivity contribution < 1.29 is 9.59 Å². The first kappa shape index (κ1) is 17.6. The molecule has 3 heterocycles.